The molecule has 0 radical (unpaired) electrons. The topological polar surface area (TPSA) is 133 Å². The van der Waals surface area contributed by atoms with Gasteiger partial charge < -0.3 is 23.9 Å². The number of esters is 1. The van der Waals surface area contributed by atoms with Gasteiger partial charge in [0.15, 0.2) is 17.6 Å². The SMILES string of the molecule is C[C@H](OC(=O)c1ccccc1NS(=O)(=O)c1ccc2c(c1)OCCO2)C(=O)NCc1ccco1. The maximum atomic E-state index is 13.0. The zero-order valence-corrected chi connectivity index (χ0v) is 19.0. The summed E-state index contributed by atoms with van der Waals surface area (Å²) in [7, 11) is -4.06. The molecule has 0 unspecified atom stereocenters. The van der Waals surface area contributed by atoms with Crippen LogP contribution in [0.3, 0.4) is 0 Å². The average molecular weight is 487 g/mol. The molecule has 2 aromatic carbocycles. The van der Waals surface area contributed by atoms with E-state index in [0.29, 0.717) is 30.5 Å². The summed E-state index contributed by atoms with van der Waals surface area (Å²) in [5.41, 5.74) is -0.0418. The lowest BCUT2D eigenvalue weighted by Crippen LogP contribution is -2.35. The number of anilines is 1. The number of hydrogen-bond donors (Lipinski definition) is 2. The number of rotatable bonds is 8. The van der Waals surface area contributed by atoms with Gasteiger partial charge in [-0.1, -0.05) is 12.1 Å². The number of para-hydroxylation sites is 1. The van der Waals surface area contributed by atoms with Crippen LogP contribution in [0, 0.1) is 0 Å². The number of sulfonamides is 1. The number of fused-ring (bicyclic) bond motifs is 1. The standard InChI is InChI=1S/C23H22N2O8S/c1-15(22(26)24-14-16-5-4-10-30-16)33-23(27)18-6-2-3-7-19(18)25-34(28,29)17-8-9-20-21(13-17)32-12-11-31-20/h2-10,13,15,25H,11-12,14H2,1H3,(H,24,26)/t15-/m0/s1. The first kappa shape index (κ1) is 23.2. The van der Waals surface area contributed by atoms with Crippen LogP contribution in [0.4, 0.5) is 5.69 Å². The Morgan fingerprint density at radius 3 is 2.56 bits per heavy atom. The van der Waals surface area contributed by atoms with Crippen molar-refractivity contribution in [1.29, 1.82) is 0 Å². The molecule has 178 valence electrons. The second-order valence-corrected chi connectivity index (χ2v) is 8.98. The zero-order valence-electron chi connectivity index (χ0n) is 18.1. The number of furan rings is 1. The van der Waals surface area contributed by atoms with Crippen LogP contribution in [0.15, 0.2) is 70.2 Å². The molecule has 1 amide bonds. The van der Waals surface area contributed by atoms with Gasteiger partial charge in [-0.15, -0.1) is 0 Å². The molecular formula is C23H22N2O8S. The summed E-state index contributed by atoms with van der Waals surface area (Å²) in [4.78, 5) is 24.9. The van der Waals surface area contributed by atoms with Crippen LogP contribution in [-0.4, -0.2) is 39.6 Å². The smallest absolute Gasteiger partial charge is 0.341 e. The van der Waals surface area contributed by atoms with Crippen LogP contribution in [0.1, 0.15) is 23.0 Å². The van der Waals surface area contributed by atoms with Gasteiger partial charge in [0.1, 0.15) is 19.0 Å². The van der Waals surface area contributed by atoms with Crippen molar-refractivity contribution in [2.45, 2.75) is 24.5 Å². The quantitative estimate of drug-likeness (QED) is 0.465. The van der Waals surface area contributed by atoms with Gasteiger partial charge in [-0.2, -0.15) is 0 Å². The molecule has 10 nitrogen and oxygen atoms in total. The van der Waals surface area contributed by atoms with Crippen LogP contribution in [0.25, 0.3) is 0 Å². The van der Waals surface area contributed by atoms with Crippen molar-refractivity contribution in [2.24, 2.45) is 0 Å². The van der Waals surface area contributed by atoms with E-state index in [1.54, 1.807) is 24.3 Å². The van der Waals surface area contributed by atoms with E-state index >= 15 is 0 Å². The van der Waals surface area contributed by atoms with Gasteiger partial charge in [-0.3, -0.25) is 9.52 Å². The fourth-order valence-corrected chi connectivity index (χ4v) is 4.25. The molecule has 0 fully saturated rings. The van der Waals surface area contributed by atoms with E-state index in [1.807, 2.05) is 0 Å². The molecule has 0 bridgehead atoms. The van der Waals surface area contributed by atoms with E-state index in [4.69, 9.17) is 18.6 Å². The molecule has 3 aromatic rings. The van der Waals surface area contributed by atoms with Gasteiger partial charge in [0.05, 0.1) is 29.0 Å². The molecule has 11 heteroatoms. The highest BCUT2D eigenvalue weighted by molar-refractivity contribution is 7.92. The predicted molar refractivity (Wildman–Crippen MR) is 120 cm³/mol. The molecule has 1 aliphatic heterocycles. The minimum absolute atomic E-state index is 0.00517. The van der Waals surface area contributed by atoms with E-state index in [1.165, 1.54) is 43.5 Å². The highest BCUT2D eigenvalue weighted by Gasteiger charge is 2.24. The third-order valence-corrected chi connectivity index (χ3v) is 6.25. The normalized spacial score (nSPS) is 13.6. The number of amides is 1. The van der Waals surface area contributed by atoms with Crippen molar-refractivity contribution >= 4 is 27.6 Å². The van der Waals surface area contributed by atoms with Gasteiger partial charge in [0.25, 0.3) is 15.9 Å². The Bertz CT molecular complexity index is 1290. The van der Waals surface area contributed by atoms with Crippen molar-refractivity contribution < 1.29 is 36.6 Å². The average Bonchev–Trinajstić information content (AvgIpc) is 3.36. The first-order valence-electron chi connectivity index (χ1n) is 10.4. The van der Waals surface area contributed by atoms with Crippen LogP contribution in [0.2, 0.25) is 0 Å². The third kappa shape index (κ3) is 5.31. The lowest BCUT2D eigenvalue weighted by atomic mass is 10.2. The first-order valence-corrected chi connectivity index (χ1v) is 11.8. The third-order valence-electron chi connectivity index (χ3n) is 4.89. The molecule has 2 N–H and O–H groups in total. The molecule has 2 heterocycles. The summed E-state index contributed by atoms with van der Waals surface area (Å²) in [6.07, 6.45) is 0.360. The fraction of sp³-hybridized carbons (Fsp3) is 0.217. The molecule has 1 aliphatic rings. The highest BCUT2D eigenvalue weighted by Crippen LogP contribution is 2.33. The van der Waals surface area contributed by atoms with E-state index < -0.39 is 28.0 Å². The van der Waals surface area contributed by atoms with Crippen molar-refractivity contribution in [3.8, 4) is 11.5 Å². The van der Waals surface area contributed by atoms with Crippen LogP contribution < -0.4 is 19.5 Å². The minimum atomic E-state index is -4.06. The minimum Gasteiger partial charge on any atom is -0.486 e. The molecule has 0 saturated carbocycles. The first-order chi connectivity index (χ1) is 16.3. The van der Waals surface area contributed by atoms with E-state index in [0.717, 1.165) is 0 Å². The molecule has 0 aliphatic carbocycles. The summed E-state index contributed by atoms with van der Waals surface area (Å²) >= 11 is 0. The van der Waals surface area contributed by atoms with Gasteiger partial charge >= 0.3 is 5.97 Å². The van der Waals surface area contributed by atoms with Crippen molar-refractivity contribution in [3.05, 3.63) is 72.2 Å². The Morgan fingerprint density at radius 2 is 1.79 bits per heavy atom. The molecular weight excluding hydrogens is 464 g/mol. The van der Waals surface area contributed by atoms with E-state index in [-0.39, 0.29) is 22.7 Å². The summed E-state index contributed by atoms with van der Waals surface area (Å²) in [6.45, 7) is 2.25. The number of ether oxygens (including phenoxy) is 3. The van der Waals surface area contributed by atoms with Crippen LogP contribution >= 0.6 is 0 Å². The number of nitrogens with one attached hydrogen (secondary N) is 2. The summed E-state index contributed by atoms with van der Waals surface area (Å²) in [5, 5.41) is 2.60. The lowest BCUT2D eigenvalue weighted by molar-refractivity contribution is -0.129. The van der Waals surface area contributed by atoms with Gasteiger partial charge in [-0.25, -0.2) is 13.2 Å². The second kappa shape index (κ2) is 9.87. The summed E-state index contributed by atoms with van der Waals surface area (Å²) in [5.74, 6) is -0.0734. The Labute approximate surface area is 195 Å². The molecule has 0 spiro atoms. The Kier molecular flexibility index (Phi) is 6.73. The predicted octanol–water partition coefficient (Wildman–Crippen LogP) is 2.71. The van der Waals surface area contributed by atoms with E-state index in [9.17, 15) is 18.0 Å². The summed E-state index contributed by atoms with van der Waals surface area (Å²) in [6, 6.07) is 13.6. The fourth-order valence-electron chi connectivity index (χ4n) is 3.15. The molecule has 4 rings (SSSR count). The number of carbonyl (C=O) groups excluding carboxylic acids is 2. The van der Waals surface area contributed by atoms with Crippen molar-refractivity contribution in [2.75, 3.05) is 17.9 Å². The number of benzene rings is 2. The van der Waals surface area contributed by atoms with Crippen molar-refractivity contribution in [3.63, 3.8) is 0 Å². The molecule has 34 heavy (non-hydrogen) atoms. The van der Waals surface area contributed by atoms with Crippen LogP contribution in [0.5, 0.6) is 11.5 Å². The number of carbonyl (C=O) groups is 2. The number of hydrogen-bond acceptors (Lipinski definition) is 8. The van der Waals surface area contributed by atoms with Crippen molar-refractivity contribution in [1.82, 2.24) is 5.32 Å². The highest BCUT2D eigenvalue weighted by atomic mass is 32.2. The molecule has 1 atom stereocenters. The monoisotopic (exact) mass is 486 g/mol. The molecule has 0 saturated heterocycles. The molecule has 1 aromatic heterocycles. The Balaban J connectivity index is 1.45. The van der Waals surface area contributed by atoms with Gasteiger partial charge in [0, 0.05) is 6.07 Å². The maximum absolute atomic E-state index is 13.0. The van der Waals surface area contributed by atoms with E-state index in [2.05, 4.69) is 10.0 Å². The Morgan fingerprint density at radius 1 is 1.03 bits per heavy atom. The van der Waals surface area contributed by atoms with Gasteiger partial charge in [0.2, 0.25) is 0 Å². The summed E-state index contributed by atoms with van der Waals surface area (Å²) < 4.78 is 49.6. The van der Waals surface area contributed by atoms with Crippen LogP contribution in [-0.2, 0) is 26.1 Å². The second-order valence-electron chi connectivity index (χ2n) is 7.30. The zero-order chi connectivity index (χ0) is 24.1. The Hall–Kier alpha value is -3.99. The lowest BCUT2D eigenvalue weighted by Gasteiger charge is -2.19. The maximum Gasteiger partial charge on any atom is 0.341 e. The van der Waals surface area contributed by atoms with Gasteiger partial charge in [-0.05, 0) is 43.3 Å². The largest absolute Gasteiger partial charge is 0.486 e.